The van der Waals surface area contributed by atoms with Crippen LogP contribution >= 0.6 is 0 Å². The summed E-state index contributed by atoms with van der Waals surface area (Å²) >= 11 is 0. The van der Waals surface area contributed by atoms with Crippen molar-refractivity contribution in [1.29, 1.82) is 0 Å². The average molecular weight is 478 g/mol. The molecule has 2 heteroatoms. The highest BCUT2D eigenvalue weighted by Crippen LogP contribution is 2.62. The maximum Gasteiger partial charge on any atom is 0.231 e. The Labute approximate surface area is 220 Å². The standard InChI is InChI=1S/C34H44BN/c1-21(2)36(22(3)4)35(33-23(5)19-31-27-13-9-7-11-25(27)15-17-29(31)33)34-24(6)20-32-28-14-10-8-12-26(28)16-18-30(32)34/h7-18,21-24,29-34H,19-20H2,1-6H3. The molecule has 2 aromatic rings. The quantitative estimate of drug-likeness (QED) is 0.389. The fourth-order valence-corrected chi connectivity index (χ4v) is 9.42. The predicted octanol–water partition coefficient (Wildman–Crippen LogP) is 8.77. The Balaban J connectivity index is 1.44. The van der Waals surface area contributed by atoms with Crippen molar-refractivity contribution in [2.75, 3.05) is 0 Å². The second-order valence-corrected chi connectivity index (χ2v) is 13.0. The van der Waals surface area contributed by atoms with Crippen molar-refractivity contribution in [3.05, 3.63) is 82.9 Å². The molecule has 0 saturated heterocycles. The first-order chi connectivity index (χ1) is 17.4. The molecule has 6 rings (SSSR count). The highest BCUT2D eigenvalue weighted by Gasteiger charge is 2.57. The summed E-state index contributed by atoms with van der Waals surface area (Å²) < 4.78 is 0. The predicted molar refractivity (Wildman–Crippen MR) is 156 cm³/mol. The van der Waals surface area contributed by atoms with Gasteiger partial charge in [0.1, 0.15) is 0 Å². The molecule has 2 aromatic carbocycles. The van der Waals surface area contributed by atoms with E-state index in [1.54, 1.807) is 11.1 Å². The lowest BCUT2D eigenvalue weighted by Gasteiger charge is -2.48. The van der Waals surface area contributed by atoms with E-state index < -0.39 is 0 Å². The van der Waals surface area contributed by atoms with Gasteiger partial charge < -0.3 is 4.81 Å². The lowest BCUT2D eigenvalue weighted by Crippen LogP contribution is -2.56. The molecule has 2 fully saturated rings. The molecule has 0 amide bonds. The number of rotatable bonds is 5. The number of hydrogen-bond acceptors (Lipinski definition) is 1. The second-order valence-electron chi connectivity index (χ2n) is 13.0. The molecule has 0 aliphatic heterocycles. The number of allylic oxidation sites excluding steroid dienone is 2. The van der Waals surface area contributed by atoms with Crippen LogP contribution in [0.4, 0.5) is 0 Å². The largest absolute Gasteiger partial charge is 0.337 e. The van der Waals surface area contributed by atoms with E-state index in [1.807, 2.05) is 0 Å². The number of fused-ring (bicyclic) bond motifs is 6. The van der Waals surface area contributed by atoms with Crippen molar-refractivity contribution < 1.29 is 0 Å². The summed E-state index contributed by atoms with van der Waals surface area (Å²) in [6.45, 7) is 15.5. The third kappa shape index (κ3) is 3.78. The zero-order chi connectivity index (χ0) is 25.1. The van der Waals surface area contributed by atoms with Gasteiger partial charge in [0.15, 0.2) is 0 Å². The van der Waals surface area contributed by atoms with Crippen LogP contribution in [0, 0.1) is 23.7 Å². The van der Waals surface area contributed by atoms with Crippen molar-refractivity contribution in [2.45, 2.75) is 89.9 Å². The summed E-state index contributed by atoms with van der Waals surface area (Å²) in [5.74, 6) is 5.48. The summed E-state index contributed by atoms with van der Waals surface area (Å²) in [5, 5.41) is 0. The van der Waals surface area contributed by atoms with E-state index in [0.717, 1.165) is 11.8 Å². The van der Waals surface area contributed by atoms with Gasteiger partial charge in [0.25, 0.3) is 0 Å². The SMILES string of the molecule is CC1CC2c3ccccc3C=CC2C1B(C1C(C)CC2c3ccccc3C=CC21)N(C(C)C)C(C)C. The summed E-state index contributed by atoms with van der Waals surface area (Å²) in [6, 6.07) is 19.5. The Kier molecular flexibility index (Phi) is 6.31. The second kappa shape index (κ2) is 9.36. The summed E-state index contributed by atoms with van der Waals surface area (Å²) in [7, 11) is 0. The molecular formula is C34H44BN. The van der Waals surface area contributed by atoms with Gasteiger partial charge in [-0.3, -0.25) is 0 Å². The third-order valence-corrected chi connectivity index (χ3v) is 10.5. The Morgan fingerprint density at radius 3 is 1.50 bits per heavy atom. The zero-order valence-corrected chi connectivity index (χ0v) is 23.1. The molecule has 0 bridgehead atoms. The monoisotopic (exact) mass is 477 g/mol. The molecule has 36 heavy (non-hydrogen) atoms. The van der Waals surface area contributed by atoms with Gasteiger partial charge in [0, 0.05) is 0 Å². The first-order valence-corrected chi connectivity index (χ1v) is 14.7. The van der Waals surface area contributed by atoms with Gasteiger partial charge in [-0.1, -0.05) is 114 Å². The Bertz CT molecular complexity index is 1070. The fraction of sp³-hybridized carbons (Fsp3) is 0.529. The van der Waals surface area contributed by atoms with E-state index in [2.05, 4.69) is 119 Å². The lowest BCUT2D eigenvalue weighted by atomic mass is 9.34. The smallest absolute Gasteiger partial charge is 0.231 e. The number of benzene rings is 2. The molecule has 188 valence electrons. The molecule has 0 aromatic heterocycles. The average Bonchev–Trinajstić information content (AvgIpc) is 3.38. The minimum absolute atomic E-state index is 0.548. The molecule has 8 unspecified atom stereocenters. The van der Waals surface area contributed by atoms with Crippen LogP contribution in [0.2, 0.25) is 11.6 Å². The van der Waals surface area contributed by atoms with E-state index in [0.29, 0.717) is 54.2 Å². The molecule has 0 heterocycles. The molecule has 4 aliphatic rings. The van der Waals surface area contributed by atoms with E-state index >= 15 is 0 Å². The molecule has 0 spiro atoms. The molecule has 0 radical (unpaired) electrons. The van der Waals surface area contributed by atoms with Gasteiger partial charge in [-0.25, -0.2) is 0 Å². The van der Waals surface area contributed by atoms with E-state index in [9.17, 15) is 0 Å². The van der Waals surface area contributed by atoms with Gasteiger partial charge in [-0.05, 0) is 94.3 Å². The van der Waals surface area contributed by atoms with Gasteiger partial charge in [-0.15, -0.1) is 0 Å². The van der Waals surface area contributed by atoms with E-state index in [4.69, 9.17) is 0 Å². The van der Waals surface area contributed by atoms with Crippen molar-refractivity contribution in [2.24, 2.45) is 23.7 Å². The van der Waals surface area contributed by atoms with Crippen molar-refractivity contribution in [1.82, 2.24) is 4.81 Å². The van der Waals surface area contributed by atoms with E-state index in [1.165, 1.54) is 24.0 Å². The van der Waals surface area contributed by atoms with Crippen LogP contribution < -0.4 is 0 Å². The minimum Gasteiger partial charge on any atom is -0.337 e. The molecule has 4 aliphatic carbocycles. The Hall–Kier alpha value is -2.06. The summed E-state index contributed by atoms with van der Waals surface area (Å²) in [4.78, 5) is 2.94. The van der Waals surface area contributed by atoms with E-state index in [-0.39, 0.29) is 0 Å². The number of nitrogens with zero attached hydrogens (tertiary/aromatic N) is 1. The van der Waals surface area contributed by atoms with Crippen molar-refractivity contribution in [3.8, 4) is 0 Å². The Morgan fingerprint density at radius 2 is 1.08 bits per heavy atom. The lowest BCUT2D eigenvalue weighted by molar-refractivity contribution is 0.276. The molecular weight excluding hydrogens is 433 g/mol. The Morgan fingerprint density at radius 1 is 0.667 bits per heavy atom. The number of hydrogen-bond donors (Lipinski definition) is 0. The first-order valence-electron chi connectivity index (χ1n) is 14.7. The van der Waals surface area contributed by atoms with Crippen LogP contribution in [0.3, 0.4) is 0 Å². The molecule has 1 nitrogen and oxygen atoms in total. The molecule has 8 atom stereocenters. The first kappa shape index (κ1) is 24.3. The highest BCUT2D eigenvalue weighted by molar-refractivity contribution is 6.60. The van der Waals surface area contributed by atoms with Crippen molar-refractivity contribution in [3.63, 3.8) is 0 Å². The maximum absolute atomic E-state index is 2.94. The van der Waals surface area contributed by atoms with Gasteiger partial charge in [0.2, 0.25) is 6.85 Å². The van der Waals surface area contributed by atoms with Gasteiger partial charge in [-0.2, -0.15) is 0 Å². The van der Waals surface area contributed by atoms with Crippen LogP contribution in [-0.2, 0) is 0 Å². The topological polar surface area (TPSA) is 3.24 Å². The molecule has 2 saturated carbocycles. The minimum atomic E-state index is 0.548. The normalized spacial score (nSPS) is 34.1. The van der Waals surface area contributed by atoms with Gasteiger partial charge >= 0.3 is 0 Å². The summed E-state index contributed by atoms with van der Waals surface area (Å²) in [6.07, 6.45) is 12.8. The van der Waals surface area contributed by atoms with Crippen molar-refractivity contribution >= 4 is 19.0 Å². The van der Waals surface area contributed by atoms with Crippen LogP contribution in [-0.4, -0.2) is 23.7 Å². The van der Waals surface area contributed by atoms with Crippen LogP contribution in [0.25, 0.3) is 12.2 Å². The van der Waals surface area contributed by atoms with Crippen LogP contribution in [0.15, 0.2) is 60.7 Å². The van der Waals surface area contributed by atoms with Crippen LogP contribution in [0.1, 0.15) is 88.5 Å². The summed E-state index contributed by atoms with van der Waals surface area (Å²) in [5.41, 5.74) is 6.10. The maximum atomic E-state index is 2.94. The third-order valence-electron chi connectivity index (χ3n) is 10.5. The molecule has 0 N–H and O–H groups in total. The van der Waals surface area contributed by atoms with Gasteiger partial charge in [0.05, 0.1) is 0 Å². The zero-order valence-electron chi connectivity index (χ0n) is 23.1. The van der Waals surface area contributed by atoms with Crippen LogP contribution in [0.5, 0.6) is 0 Å². The fourth-order valence-electron chi connectivity index (χ4n) is 9.42. The highest BCUT2D eigenvalue weighted by atomic mass is 15.1.